The van der Waals surface area contributed by atoms with Crippen molar-refractivity contribution in [2.45, 2.75) is 24.7 Å². The Hall–Kier alpha value is -9.54. The van der Waals surface area contributed by atoms with Crippen LogP contribution < -0.4 is 4.90 Å². The molecule has 3 aliphatic carbocycles. The summed E-state index contributed by atoms with van der Waals surface area (Å²) in [6.45, 7) is 4.50. The van der Waals surface area contributed by atoms with Crippen LogP contribution in [0, 0.1) is 13.8 Å². The number of hydrogen-bond acceptors (Lipinski definition) is 2. The predicted molar refractivity (Wildman–Crippen MR) is 330 cm³/mol. The maximum absolute atomic E-state index is 2.58. The minimum Gasteiger partial charge on any atom is -0.309 e. The monoisotopic (exact) mass is 1020 g/mol. The van der Waals surface area contributed by atoms with Crippen LogP contribution in [0.15, 0.2) is 255 Å². The van der Waals surface area contributed by atoms with E-state index in [0.717, 1.165) is 5.69 Å². The lowest BCUT2D eigenvalue weighted by Crippen LogP contribution is -2.33. The van der Waals surface area contributed by atoms with Gasteiger partial charge in [0.05, 0.1) is 43.6 Å². The second-order valence-electron chi connectivity index (χ2n) is 22.4. The molecule has 0 radical (unpaired) electrons. The van der Waals surface area contributed by atoms with E-state index >= 15 is 0 Å². The molecule has 2 aromatic heterocycles. The van der Waals surface area contributed by atoms with Crippen LogP contribution in [0.5, 0.6) is 0 Å². The van der Waals surface area contributed by atoms with Gasteiger partial charge in [-0.25, -0.2) is 0 Å². The van der Waals surface area contributed by atoms with Gasteiger partial charge in [0, 0.05) is 37.5 Å². The maximum Gasteiger partial charge on any atom is 0.0754 e. The first kappa shape index (κ1) is 43.5. The molecule has 0 saturated carbocycles. The molecule has 12 aromatic carbocycles. The van der Waals surface area contributed by atoms with Crippen LogP contribution in [0.1, 0.15) is 55.6 Å². The molecular formula is C76H48N2S. The SMILES string of the molecule is Cc1ccc2c(c1)c1cc(C)cc3c1n2-c1ccc(-c2ccc(N(c4cccc5c4-c4ccccc4C54c5ccccc5-c5ccccc54)c4cccc5c4sc4ccccc45)cc2)cc1C31c2ccccc2-c2ccccc21. The Morgan fingerprint density at radius 1 is 0.354 bits per heavy atom. The number of hydrogen-bond donors (Lipinski definition) is 0. The molecule has 1 aliphatic heterocycles. The summed E-state index contributed by atoms with van der Waals surface area (Å²) in [6.07, 6.45) is 0. The number of nitrogens with zero attached hydrogens (tertiary/aromatic N) is 2. The third-order valence-electron chi connectivity index (χ3n) is 18.5. The highest BCUT2D eigenvalue weighted by atomic mass is 32.1. The Balaban J connectivity index is 0.872. The molecule has 3 heterocycles. The van der Waals surface area contributed by atoms with Crippen molar-refractivity contribution in [3.8, 4) is 50.2 Å². The van der Waals surface area contributed by atoms with E-state index < -0.39 is 10.8 Å². The fourth-order valence-corrected chi connectivity index (χ4v) is 16.7. The smallest absolute Gasteiger partial charge is 0.0754 e. The Bertz CT molecular complexity index is 4920. The zero-order valence-electron chi connectivity index (χ0n) is 43.6. The molecule has 2 spiro atoms. The molecule has 0 fully saturated rings. The summed E-state index contributed by atoms with van der Waals surface area (Å²) in [4.78, 5) is 2.57. The van der Waals surface area contributed by atoms with Crippen molar-refractivity contribution in [1.82, 2.24) is 4.57 Å². The standard InChI is InChI=1S/C76H48N2S/c1-45-33-39-67-57(41-45)58-42-46(2)43-66-73(58)78(67)68-40-36-48(44-65(68)76(66)61-26-11-5-19-52(61)53-20-6-12-27-62(53)76)47-34-37-49(38-35-47)77(70-31-15-23-55-54-21-8-14-32-71(54)79-74(55)70)69-30-16-29-64-72(69)56-22-7-13-28-63(56)75(64)59-24-9-3-17-50(59)51-18-4-10-25-60(51)75/h3-44H,1-2H3. The summed E-state index contributed by atoms with van der Waals surface area (Å²) in [7, 11) is 0. The van der Waals surface area contributed by atoms with Crippen LogP contribution in [0.2, 0.25) is 0 Å². The van der Waals surface area contributed by atoms with E-state index in [9.17, 15) is 0 Å². The van der Waals surface area contributed by atoms with Crippen LogP contribution >= 0.6 is 11.3 Å². The van der Waals surface area contributed by atoms with Crippen molar-refractivity contribution >= 4 is 70.4 Å². The molecule has 368 valence electrons. The molecular weight excluding hydrogens is 973 g/mol. The van der Waals surface area contributed by atoms with Gasteiger partial charge in [0.15, 0.2) is 0 Å². The number of fused-ring (bicyclic) bond motifs is 25. The molecule has 0 saturated heterocycles. The van der Waals surface area contributed by atoms with Gasteiger partial charge in [0.2, 0.25) is 0 Å². The van der Waals surface area contributed by atoms with Crippen LogP contribution in [-0.2, 0) is 10.8 Å². The van der Waals surface area contributed by atoms with Gasteiger partial charge in [0.1, 0.15) is 0 Å². The molecule has 4 aliphatic rings. The van der Waals surface area contributed by atoms with Crippen LogP contribution in [-0.4, -0.2) is 4.57 Å². The summed E-state index contributed by atoms with van der Waals surface area (Å²) < 4.78 is 5.14. The number of anilines is 3. The van der Waals surface area contributed by atoms with Crippen molar-refractivity contribution < 1.29 is 0 Å². The zero-order valence-corrected chi connectivity index (χ0v) is 44.4. The first-order chi connectivity index (χ1) is 39.0. The van der Waals surface area contributed by atoms with Gasteiger partial charge in [0.25, 0.3) is 0 Å². The van der Waals surface area contributed by atoms with Crippen LogP contribution in [0.4, 0.5) is 17.1 Å². The minimum atomic E-state index is -0.538. The summed E-state index contributed by atoms with van der Waals surface area (Å²) in [6, 6.07) is 97.4. The predicted octanol–water partition coefficient (Wildman–Crippen LogP) is 19.9. The Morgan fingerprint density at radius 2 is 0.886 bits per heavy atom. The first-order valence-electron chi connectivity index (χ1n) is 27.7. The van der Waals surface area contributed by atoms with Crippen molar-refractivity contribution in [1.29, 1.82) is 0 Å². The maximum atomic E-state index is 2.58. The Labute approximate surface area is 462 Å². The molecule has 18 rings (SSSR count). The van der Waals surface area contributed by atoms with Crippen molar-refractivity contribution in [3.05, 3.63) is 310 Å². The average Bonchev–Trinajstić information content (AvgIpc) is 4.23. The quantitative estimate of drug-likeness (QED) is 0.171. The highest BCUT2D eigenvalue weighted by molar-refractivity contribution is 7.26. The molecule has 2 nitrogen and oxygen atoms in total. The Kier molecular flexibility index (Phi) is 8.58. The van der Waals surface area contributed by atoms with Gasteiger partial charge in [-0.1, -0.05) is 205 Å². The second kappa shape index (κ2) is 15.6. The van der Waals surface area contributed by atoms with Gasteiger partial charge in [-0.3, -0.25) is 0 Å². The largest absolute Gasteiger partial charge is 0.309 e. The molecule has 0 amide bonds. The van der Waals surface area contributed by atoms with E-state index in [1.54, 1.807) is 0 Å². The number of benzene rings is 12. The summed E-state index contributed by atoms with van der Waals surface area (Å²) in [5, 5.41) is 5.19. The molecule has 3 heteroatoms. The van der Waals surface area contributed by atoms with Crippen molar-refractivity contribution in [2.75, 3.05) is 4.90 Å². The van der Waals surface area contributed by atoms with Crippen molar-refractivity contribution in [3.63, 3.8) is 0 Å². The van der Waals surface area contributed by atoms with Gasteiger partial charge >= 0.3 is 0 Å². The zero-order chi connectivity index (χ0) is 51.9. The molecule has 0 N–H and O–H groups in total. The first-order valence-corrected chi connectivity index (χ1v) is 28.5. The molecule has 0 atom stereocenters. The van der Waals surface area contributed by atoms with E-state index in [-0.39, 0.29) is 0 Å². The fourth-order valence-electron chi connectivity index (χ4n) is 15.5. The van der Waals surface area contributed by atoms with Gasteiger partial charge < -0.3 is 9.47 Å². The highest BCUT2D eigenvalue weighted by Crippen LogP contribution is 2.66. The second-order valence-corrected chi connectivity index (χ2v) is 23.4. The summed E-state index contributed by atoms with van der Waals surface area (Å²) in [5.41, 5.74) is 29.7. The lowest BCUT2D eigenvalue weighted by molar-refractivity contribution is 0.748. The highest BCUT2D eigenvalue weighted by Gasteiger charge is 2.53. The average molecular weight is 1020 g/mol. The number of thiophene rings is 1. The molecule has 0 unspecified atom stereocenters. The Morgan fingerprint density at radius 3 is 1.57 bits per heavy atom. The number of aromatic nitrogens is 1. The summed E-state index contributed by atoms with van der Waals surface area (Å²) >= 11 is 1.89. The minimum absolute atomic E-state index is 0.463. The van der Waals surface area contributed by atoms with E-state index in [1.165, 1.54) is 159 Å². The van der Waals surface area contributed by atoms with Gasteiger partial charge in [-0.2, -0.15) is 0 Å². The van der Waals surface area contributed by atoms with Gasteiger partial charge in [-0.15, -0.1) is 11.3 Å². The third-order valence-corrected chi connectivity index (χ3v) is 19.7. The topological polar surface area (TPSA) is 8.17 Å². The van der Waals surface area contributed by atoms with Crippen LogP contribution in [0.25, 0.3) is 92.2 Å². The normalized spacial score (nSPS) is 14.2. The van der Waals surface area contributed by atoms with E-state index in [4.69, 9.17) is 0 Å². The van der Waals surface area contributed by atoms with Crippen molar-refractivity contribution in [2.24, 2.45) is 0 Å². The molecule has 79 heavy (non-hydrogen) atoms. The number of rotatable bonds is 4. The molecule has 14 aromatic rings. The lowest BCUT2D eigenvalue weighted by Gasteiger charge is -2.40. The number of aryl methyl sites for hydroxylation is 2. The van der Waals surface area contributed by atoms with E-state index in [1.807, 2.05) is 11.3 Å². The lowest BCUT2D eigenvalue weighted by atomic mass is 9.65. The summed E-state index contributed by atoms with van der Waals surface area (Å²) in [5.74, 6) is 0. The van der Waals surface area contributed by atoms with Gasteiger partial charge in [-0.05, 0) is 158 Å². The third kappa shape index (κ3) is 5.41. The van der Waals surface area contributed by atoms with E-state index in [0.29, 0.717) is 0 Å². The van der Waals surface area contributed by atoms with E-state index in [2.05, 4.69) is 278 Å². The molecule has 0 bridgehead atoms. The fraction of sp³-hybridized carbons (Fsp3) is 0.0526. The van der Waals surface area contributed by atoms with Crippen LogP contribution in [0.3, 0.4) is 0 Å².